The molecular weight excluding hydrogens is 290 g/mol. The molecule has 0 aliphatic heterocycles. The van der Waals surface area contributed by atoms with Crippen LogP contribution >= 0.6 is 11.3 Å². The van der Waals surface area contributed by atoms with Gasteiger partial charge in [0.25, 0.3) is 0 Å². The number of carboxylic acids is 1. The minimum atomic E-state index is -3.61. The van der Waals surface area contributed by atoms with Crippen molar-refractivity contribution in [3.05, 3.63) is 17.0 Å². The number of carbonyl (C=O) groups is 1. The molecule has 0 saturated heterocycles. The molecular formula is C11H17NO5S2. The quantitative estimate of drug-likeness (QED) is 0.749. The standard InChI is InChI=1S/C11H17NO5S2/c1-3-17-7-8(2)12-19(15,16)11-5-4-9(18-11)6-10(13)14/h4-5,8,12H,3,6-7H2,1-2H3,(H,13,14). The van der Waals surface area contributed by atoms with E-state index in [1.807, 2.05) is 6.92 Å². The Labute approximate surface area is 116 Å². The van der Waals surface area contributed by atoms with Crippen LogP contribution < -0.4 is 4.72 Å². The largest absolute Gasteiger partial charge is 0.481 e. The van der Waals surface area contributed by atoms with Crippen molar-refractivity contribution in [2.75, 3.05) is 13.2 Å². The zero-order chi connectivity index (χ0) is 14.5. The molecule has 8 heteroatoms. The summed E-state index contributed by atoms with van der Waals surface area (Å²) < 4.78 is 31.7. The maximum Gasteiger partial charge on any atom is 0.308 e. The van der Waals surface area contributed by atoms with Crippen LogP contribution in [0.25, 0.3) is 0 Å². The Morgan fingerprint density at radius 2 is 2.21 bits per heavy atom. The highest BCUT2D eigenvalue weighted by Gasteiger charge is 2.20. The van der Waals surface area contributed by atoms with E-state index in [9.17, 15) is 13.2 Å². The molecule has 108 valence electrons. The van der Waals surface area contributed by atoms with Gasteiger partial charge in [-0.1, -0.05) is 0 Å². The summed E-state index contributed by atoms with van der Waals surface area (Å²) in [5.41, 5.74) is 0. The third kappa shape index (κ3) is 5.27. The fourth-order valence-corrected chi connectivity index (χ4v) is 3.99. The molecule has 1 heterocycles. The van der Waals surface area contributed by atoms with Crippen LogP contribution in [0.2, 0.25) is 0 Å². The van der Waals surface area contributed by atoms with Crippen LogP contribution in [-0.4, -0.2) is 38.7 Å². The Bertz CT molecular complexity index is 523. The summed E-state index contributed by atoms with van der Waals surface area (Å²) in [7, 11) is -3.61. The van der Waals surface area contributed by atoms with Gasteiger partial charge in [-0.25, -0.2) is 13.1 Å². The maximum absolute atomic E-state index is 12.0. The van der Waals surface area contributed by atoms with Gasteiger partial charge in [0.05, 0.1) is 13.0 Å². The fraction of sp³-hybridized carbons (Fsp3) is 0.545. The van der Waals surface area contributed by atoms with Crippen LogP contribution in [0.15, 0.2) is 16.3 Å². The molecule has 0 radical (unpaired) electrons. The van der Waals surface area contributed by atoms with Crippen LogP contribution in [0.5, 0.6) is 0 Å². The first kappa shape index (κ1) is 16.1. The monoisotopic (exact) mass is 307 g/mol. The van der Waals surface area contributed by atoms with Gasteiger partial charge in [0, 0.05) is 17.5 Å². The molecule has 1 aromatic heterocycles. The van der Waals surface area contributed by atoms with Gasteiger partial charge in [0.1, 0.15) is 4.21 Å². The Morgan fingerprint density at radius 3 is 2.79 bits per heavy atom. The molecule has 1 rings (SSSR count). The maximum atomic E-state index is 12.0. The third-order valence-electron chi connectivity index (χ3n) is 2.16. The Kier molecular flexibility index (Phi) is 5.92. The van der Waals surface area contributed by atoms with Crippen molar-refractivity contribution >= 4 is 27.3 Å². The fourth-order valence-electron chi connectivity index (χ4n) is 1.40. The molecule has 0 amide bonds. The highest BCUT2D eigenvalue weighted by Crippen LogP contribution is 2.22. The summed E-state index contributed by atoms with van der Waals surface area (Å²) in [4.78, 5) is 11.1. The topological polar surface area (TPSA) is 92.7 Å². The normalized spacial score (nSPS) is 13.4. The average Bonchev–Trinajstić information content (AvgIpc) is 2.74. The van der Waals surface area contributed by atoms with Gasteiger partial charge in [0.15, 0.2) is 0 Å². The first-order chi connectivity index (χ1) is 8.85. The van der Waals surface area contributed by atoms with Crippen LogP contribution in [0, 0.1) is 0 Å². The first-order valence-corrected chi connectivity index (χ1v) is 8.05. The predicted molar refractivity (Wildman–Crippen MR) is 71.9 cm³/mol. The number of thiophene rings is 1. The van der Waals surface area contributed by atoms with E-state index < -0.39 is 16.0 Å². The van der Waals surface area contributed by atoms with Crippen LogP contribution in [0.1, 0.15) is 18.7 Å². The second-order valence-corrected chi connectivity index (χ2v) is 7.08. The van der Waals surface area contributed by atoms with Gasteiger partial charge in [-0.15, -0.1) is 11.3 Å². The minimum Gasteiger partial charge on any atom is -0.481 e. The zero-order valence-corrected chi connectivity index (χ0v) is 12.4. The summed E-state index contributed by atoms with van der Waals surface area (Å²) in [6.07, 6.45) is -0.172. The molecule has 0 aliphatic rings. The molecule has 0 saturated carbocycles. The summed E-state index contributed by atoms with van der Waals surface area (Å²) >= 11 is 0.962. The lowest BCUT2D eigenvalue weighted by Crippen LogP contribution is -2.35. The molecule has 19 heavy (non-hydrogen) atoms. The van der Waals surface area contributed by atoms with E-state index in [-0.39, 0.29) is 16.7 Å². The van der Waals surface area contributed by atoms with Gasteiger partial charge < -0.3 is 9.84 Å². The van der Waals surface area contributed by atoms with E-state index in [1.54, 1.807) is 6.92 Å². The van der Waals surface area contributed by atoms with Crippen molar-refractivity contribution < 1.29 is 23.1 Å². The zero-order valence-electron chi connectivity index (χ0n) is 10.8. The smallest absolute Gasteiger partial charge is 0.308 e. The summed E-state index contributed by atoms with van der Waals surface area (Å²) in [5, 5.41) is 8.65. The summed E-state index contributed by atoms with van der Waals surface area (Å²) in [6, 6.07) is 2.59. The van der Waals surface area contributed by atoms with Gasteiger partial charge in [-0.3, -0.25) is 4.79 Å². The number of sulfonamides is 1. The van der Waals surface area contributed by atoms with Gasteiger partial charge in [-0.05, 0) is 26.0 Å². The van der Waals surface area contributed by atoms with Crippen LogP contribution in [0.4, 0.5) is 0 Å². The predicted octanol–water partition coefficient (Wildman–Crippen LogP) is 1.08. The Balaban J connectivity index is 2.71. The number of carboxylic acid groups (broad SMARTS) is 1. The molecule has 0 fully saturated rings. The van der Waals surface area contributed by atoms with E-state index in [2.05, 4.69) is 4.72 Å². The Hall–Kier alpha value is -0.960. The molecule has 2 N–H and O–H groups in total. The van der Waals surface area contributed by atoms with Gasteiger partial charge in [-0.2, -0.15) is 0 Å². The molecule has 0 aromatic carbocycles. The summed E-state index contributed by atoms with van der Waals surface area (Å²) in [5.74, 6) is -0.983. The second kappa shape index (κ2) is 6.99. The van der Waals surface area contributed by atoms with Crippen molar-refractivity contribution in [1.29, 1.82) is 0 Å². The van der Waals surface area contributed by atoms with Crippen molar-refractivity contribution in [3.8, 4) is 0 Å². The van der Waals surface area contributed by atoms with Crippen molar-refractivity contribution in [2.24, 2.45) is 0 Å². The van der Waals surface area contributed by atoms with Gasteiger partial charge in [0.2, 0.25) is 10.0 Å². The lowest BCUT2D eigenvalue weighted by molar-refractivity contribution is -0.136. The summed E-state index contributed by atoms with van der Waals surface area (Å²) in [6.45, 7) is 4.36. The van der Waals surface area contributed by atoms with Crippen LogP contribution in [-0.2, 0) is 26.0 Å². The van der Waals surface area contributed by atoms with E-state index in [0.717, 1.165) is 11.3 Å². The molecule has 6 nitrogen and oxygen atoms in total. The highest BCUT2D eigenvalue weighted by molar-refractivity contribution is 7.91. The van der Waals surface area contributed by atoms with E-state index in [4.69, 9.17) is 9.84 Å². The van der Waals surface area contributed by atoms with E-state index >= 15 is 0 Å². The lowest BCUT2D eigenvalue weighted by Gasteiger charge is -2.12. The third-order valence-corrected chi connectivity index (χ3v) is 5.32. The number of rotatable bonds is 8. The van der Waals surface area contributed by atoms with E-state index in [0.29, 0.717) is 18.1 Å². The number of hydrogen-bond donors (Lipinski definition) is 2. The molecule has 1 aromatic rings. The van der Waals surface area contributed by atoms with Gasteiger partial charge >= 0.3 is 5.97 Å². The Morgan fingerprint density at radius 1 is 1.53 bits per heavy atom. The highest BCUT2D eigenvalue weighted by atomic mass is 32.2. The minimum absolute atomic E-state index is 0.118. The second-order valence-electron chi connectivity index (χ2n) is 3.97. The number of ether oxygens (including phenoxy) is 1. The van der Waals surface area contributed by atoms with E-state index in [1.165, 1.54) is 12.1 Å². The first-order valence-electron chi connectivity index (χ1n) is 5.75. The molecule has 1 atom stereocenters. The SMILES string of the molecule is CCOCC(C)NS(=O)(=O)c1ccc(CC(=O)O)s1. The van der Waals surface area contributed by atoms with Crippen molar-refractivity contribution in [1.82, 2.24) is 4.72 Å². The number of hydrogen-bond acceptors (Lipinski definition) is 5. The average molecular weight is 307 g/mol. The molecule has 0 aliphatic carbocycles. The van der Waals surface area contributed by atoms with Crippen molar-refractivity contribution in [2.45, 2.75) is 30.5 Å². The molecule has 0 spiro atoms. The molecule has 1 unspecified atom stereocenters. The number of aliphatic carboxylic acids is 1. The van der Waals surface area contributed by atoms with Crippen LogP contribution in [0.3, 0.4) is 0 Å². The number of nitrogens with one attached hydrogen (secondary N) is 1. The van der Waals surface area contributed by atoms with Crippen molar-refractivity contribution in [3.63, 3.8) is 0 Å². The molecule has 0 bridgehead atoms. The lowest BCUT2D eigenvalue weighted by atomic mass is 10.3.